The van der Waals surface area contributed by atoms with E-state index in [4.69, 9.17) is 10.5 Å². The minimum atomic E-state index is 0.292. The molecule has 7 nitrogen and oxygen atoms in total. The van der Waals surface area contributed by atoms with Gasteiger partial charge in [-0.15, -0.1) is 0 Å². The standard InChI is InChI=1S/C25H28N6O/c1-14(2)22-16(4)29-25(26)30-24(22)31-7-8-32-23-15(3)9-17(10-19(23)13-31)18-11-21-20(28-12-18)5-6-27-21/h6,9-12,14H,5,7-8,13H2,1-4H3,(H2,26,29,30). The van der Waals surface area contributed by atoms with Gasteiger partial charge in [-0.25, -0.2) is 4.98 Å². The molecule has 0 radical (unpaired) electrons. The Kier molecular flexibility index (Phi) is 5.04. The van der Waals surface area contributed by atoms with E-state index in [1.54, 1.807) is 0 Å². The van der Waals surface area contributed by atoms with Gasteiger partial charge in [-0.2, -0.15) is 4.98 Å². The Labute approximate surface area is 188 Å². The van der Waals surface area contributed by atoms with Crippen LogP contribution in [0.3, 0.4) is 0 Å². The van der Waals surface area contributed by atoms with Crippen molar-refractivity contribution in [3.8, 4) is 16.9 Å². The molecule has 2 aromatic heterocycles. The van der Waals surface area contributed by atoms with Crippen LogP contribution in [0.5, 0.6) is 5.75 Å². The van der Waals surface area contributed by atoms with Gasteiger partial charge in [-0.05, 0) is 49.1 Å². The molecule has 3 aromatic rings. The molecule has 0 amide bonds. The second-order valence-electron chi connectivity index (χ2n) is 8.82. The highest BCUT2D eigenvalue weighted by molar-refractivity contribution is 5.78. The van der Waals surface area contributed by atoms with Gasteiger partial charge in [0, 0.05) is 47.8 Å². The second kappa shape index (κ2) is 7.89. The molecule has 0 fully saturated rings. The Bertz CT molecular complexity index is 1230. The molecule has 0 unspecified atom stereocenters. The molecule has 4 heterocycles. The number of anilines is 2. The third-order valence-electron chi connectivity index (χ3n) is 6.13. The smallest absolute Gasteiger partial charge is 0.222 e. The number of nitrogens with zero attached hydrogens (tertiary/aromatic N) is 5. The van der Waals surface area contributed by atoms with Gasteiger partial charge in [-0.1, -0.05) is 13.8 Å². The van der Waals surface area contributed by atoms with Crippen LogP contribution in [0.15, 0.2) is 29.4 Å². The molecule has 7 heteroatoms. The molecular formula is C25H28N6O. The van der Waals surface area contributed by atoms with Gasteiger partial charge in [0.25, 0.3) is 0 Å². The maximum absolute atomic E-state index is 6.20. The molecule has 2 aliphatic rings. The van der Waals surface area contributed by atoms with Crippen LogP contribution >= 0.6 is 0 Å². The number of rotatable bonds is 3. The van der Waals surface area contributed by atoms with E-state index in [1.165, 1.54) is 0 Å². The Morgan fingerprint density at radius 3 is 2.75 bits per heavy atom. The monoisotopic (exact) mass is 428 g/mol. The number of aliphatic imine (C=N–C) groups is 1. The number of ether oxygens (including phenoxy) is 1. The molecule has 2 N–H and O–H groups in total. The van der Waals surface area contributed by atoms with E-state index in [0.29, 0.717) is 25.0 Å². The maximum Gasteiger partial charge on any atom is 0.222 e. The number of fused-ring (bicyclic) bond motifs is 2. The van der Waals surface area contributed by atoms with Gasteiger partial charge < -0.3 is 15.4 Å². The molecule has 0 aliphatic carbocycles. The highest BCUT2D eigenvalue weighted by Crippen LogP contribution is 2.37. The Morgan fingerprint density at radius 2 is 1.94 bits per heavy atom. The van der Waals surface area contributed by atoms with Gasteiger partial charge in [0.2, 0.25) is 5.95 Å². The summed E-state index contributed by atoms with van der Waals surface area (Å²) in [6.45, 7) is 10.4. The molecule has 0 saturated heterocycles. The Hall–Kier alpha value is -3.48. The van der Waals surface area contributed by atoms with Gasteiger partial charge >= 0.3 is 0 Å². The zero-order valence-corrected chi connectivity index (χ0v) is 19.0. The average molecular weight is 429 g/mol. The number of benzene rings is 1. The second-order valence-corrected chi connectivity index (χ2v) is 8.82. The normalized spacial score (nSPS) is 14.8. The van der Waals surface area contributed by atoms with Crippen molar-refractivity contribution in [3.63, 3.8) is 0 Å². The van der Waals surface area contributed by atoms with Gasteiger partial charge in [0.1, 0.15) is 18.2 Å². The fourth-order valence-corrected chi connectivity index (χ4v) is 4.70. The summed E-state index contributed by atoms with van der Waals surface area (Å²) >= 11 is 0. The molecule has 0 spiro atoms. The van der Waals surface area contributed by atoms with Crippen LogP contribution in [0, 0.1) is 13.8 Å². The van der Waals surface area contributed by atoms with Crippen molar-refractivity contribution < 1.29 is 4.74 Å². The van der Waals surface area contributed by atoms with E-state index in [2.05, 4.69) is 63.8 Å². The van der Waals surface area contributed by atoms with Crippen molar-refractivity contribution in [2.24, 2.45) is 4.99 Å². The highest BCUT2D eigenvalue weighted by Gasteiger charge is 2.24. The van der Waals surface area contributed by atoms with E-state index in [-0.39, 0.29) is 0 Å². The van der Waals surface area contributed by atoms with E-state index in [0.717, 1.165) is 69.4 Å². The number of nitrogens with two attached hydrogens (primary N) is 1. The molecule has 5 rings (SSSR count). The van der Waals surface area contributed by atoms with Crippen LogP contribution in [0.2, 0.25) is 0 Å². The zero-order valence-electron chi connectivity index (χ0n) is 19.0. The first-order valence-electron chi connectivity index (χ1n) is 11.1. The lowest BCUT2D eigenvalue weighted by atomic mass is 9.98. The SMILES string of the molecule is Cc1cc(-c2cnc3c(c2)N=CC3)cc2c1OCCN(c1nc(N)nc(C)c1C(C)C)C2. The zero-order chi connectivity index (χ0) is 22.4. The highest BCUT2D eigenvalue weighted by atomic mass is 16.5. The van der Waals surface area contributed by atoms with Crippen molar-refractivity contribution >= 4 is 23.7 Å². The lowest BCUT2D eigenvalue weighted by molar-refractivity contribution is 0.329. The largest absolute Gasteiger partial charge is 0.491 e. The minimum absolute atomic E-state index is 0.292. The van der Waals surface area contributed by atoms with E-state index in [9.17, 15) is 0 Å². The van der Waals surface area contributed by atoms with E-state index < -0.39 is 0 Å². The van der Waals surface area contributed by atoms with E-state index in [1.807, 2.05) is 19.3 Å². The summed E-state index contributed by atoms with van der Waals surface area (Å²) < 4.78 is 6.20. The van der Waals surface area contributed by atoms with E-state index >= 15 is 0 Å². The van der Waals surface area contributed by atoms with Crippen molar-refractivity contribution in [1.82, 2.24) is 15.0 Å². The molecule has 32 heavy (non-hydrogen) atoms. The van der Waals surface area contributed by atoms with Gasteiger partial charge in [0.05, 0.1) is 17.9 Å². The average Bonchev–Trinajstić information content (AvgIpc) is 3.10. The predicted octanol–water partition coefficient (Wildman–Crippen LogP) is 4.52. The summed E-state index contributed by atoms with van der Waals surface area (Å²) in [5.41, 5.74) is 14.5. The Balaban J connectivity index is 1.57. The minimum Gasteiger partial charge on any atom is -0.491 e. The van der Waals surface area contributed by atoms with Crippen molar-refractivity contribution in [1.29, 1.82) is 0 Å². The van der Waals surface area contributed by atoms with Crippen LogP contribution < -0.4 is 15.4 Å². The van der Waals surface area contributed by atoms with Crippen LogP contribution in [-0.4, -0.2) is 34.3 Å². The summed E-state index contributed by atoms with van der Waals surface area (Å²) in [6.07, 6.45) is 4.66. The fourth-order valence-electron chi connectivity index (χ4n) is 4.70. The summed E-state index contributed by atoms with van der Waals surface area (Å²) in [5, 5.41) is 0. The quantitative estimate of drug-likeness (QED) is 0.660. The summed E-state index contributed by atoms with van der Waals surface area (Å²) in [7, 11) is 0. The first-order valence-corrected chi connectivity index (χ1v) is 11.1. The third kappa shape index (κ3) is 3.57. The van der Waals surface area contributed by atoms with Crippen LogP contribution in [0.4, 0.5) is 17.5 Å². The Morgan fingerprint density at radius 1 is 1.09 bits per heavy atom. The van der Waals surface area contributed by atoms with Crippen LogP contribution in [0.25, 0.3) is 11.1 Å². The predicted molar refractivity (Wildman–Crippen MR) is 128 cm³/mol. The van der Waals surface area contributed by atoms with Gasteiger partial charge in [0.15, 0.2) is 0 Å². The third-order valence-corrected chi connectivity index (χ3v) is 6.13. The van der Waals surface area contributed by atoms with Crippen molar-refractivity contribution in [2.75, 3.05) is 23.8 Å². The topological polar surface area (TPSA) is 89.5 Å². The molecule has 2 aliphatic heterocycles. The first-order chi connectivity index (χ1) is 15.4. The summed E-state index contributed by atoms with van der Waals surface area (Å²) in [6, 6.07) is 6.49. The number of pyridine rings is 1. The summed E-state index contributed by atoms with van der Waals surface area (Å²) in [4.78, 5) is 20.4. The lowest BCUT2D eigenvalue weighted by Gasteiger charge is -2.26. The number of hydrogen-bond acceptors (Lipinski definition) is 7. The number of nitrogen functional groups attached to an aromatic ring is 1. The molecule has 0 bridgehead atoms. The number of aryl methyl sites for hydroxylation is 2. The van der Waals surface area contributed by atoms with Gasteiger partial charge in [-0.3, -0.25) is 9.98 Å². The fraction of sp³-hybridized carbons (Fsp3) is 0.360. The first kappa shape index (κ1) is 20.4. The molecule has 0 saturated carbocycles. The number of hydrogen-bond donors (Lipinski definition) is 1. The van der Waals surface area contributed by atoms with Crippen LogP contribution in [0.1, 0.15) is 47.8 Å². The van der Waals surface area contributed by atoms with Crippen molar-refractivity contribution in [2.45, 2.75) is 46.6 Å². The molecule has 0 atom stereocenters. The number of aromatic nitrogens is 3. The van der Waals surface area contributed by atoms with Crippen molar-refractivity contribution in [3.05, 3.63) is 52.5 Å². The lowest BCUT2D eigenvalue weighted by Crippen LogP contribution is -2.28. The van der Waals surface area contributed by atoms with Crippen LogP contribution in [-0.2, 0) is 13.0 Å². The molecule has 164 valence electrons. The maximum atomic E-state index is 6.20. The molecule has 1 aromatic carbocycles. The summed E-state index contributed by atoms with van der Waals surface area (Å²) in [5.74, 6) is 2.45. The molecular weight excluding hydrogens is 400 g/mol.